The standard InChI is InChI=1S/C51H34N4O2/c1-3-13-31(14-4-1)49-52-50(32-15-5-2-6-16-32)54-51(53-49)39-21-11-20-38-40-29-33(25-27-44(40)57-48(38)39)35-19-12-24-46-47(35)41-30-34(26-28-45(41)56-46)55-42-22-9-7-17-36(42)37-18-8-10-23-43(37)55/h1-30,49,51,53H,(H,52,54). The van der Waals surface area contributed by atoms with Crippen LogP contribution in [-0.4, -0.2) is 10.4 Å². The second-order valence-corrected chi connectivity index (χ2v) is 14.8. The van der Waals surface area contributed by atoms with Crippen LogP contribution in [0.3, 0.4) is 0 Å². The highest BCUT2D eigenvalue weighted by Crippen LogP contribution is 2.42. The minimum Gasteiger partial charge on any atom is -0.456 e. The minimum absolute atomic E-state index is 0.236. The first-order valence-electron chi connectivity index (χ1n) is 19.4. The van der Waals surface area contributed by atoms with Gasteiger partial charge in [-0.15, -0.1) is 0 Å². The predicted molar refractivity (Wildman–Crippen MR) is 232 cm³/mol. The largest absolute Gasteiger partial charge is 0.456 e. The Bertz CT molecular complexity index is 3320. The fraction of sp³-hybridized carbons (Fsp3) is 0.0392. The number of nitrogens with one attached hydrogen (secondary N) is 2. The van der Waals surface area contributed by atoms with E-state index in [1.54, 1.807) is 0 Å². The molecule has 0 saturated carbocycles. The summed E-state index contributed by atoms with van der Waals surface area (Å²) in [5, 5.41) is 14.2. The van der Waals surface area contributed by atoms with Gasteiger partial charge in [0, 0.05) is 49.1 Å². The molecule has 0 saturated heterocycles. The lowest BCUT2D eigenvalue weighted by Crippen LogP contribution is -2.45. The number of para-hydroxylation sites is 3. The highest BCUT2D eigenvalue weighted by Gasteiger charge is 2.28. The molecule has 0 aliphatic carbocycles. The average Bonchev–Trinajstić information content (AvgIpc) is 3.96. The number of hydrogen-bond acceptors (Lipinski definition) is 5. The Hall–Kier alpha value is -7.41. The van der Waals surface area contributed by atoms with Crippen LogP contribution in [-0.2, 0) is 0 Å². The van der Waals surface area contributed by atoms with Crippen molar-refractivity contribution in [3.63, 3.8) is 0 Å². The zero-order valence-electron chi connectivity index (χ0n) is 30.7. The van der Waals surface area contributed by atoms with Gasteiger partial charge in [-0.3, -0.25) is 5.32 Å². The molecule has 11 aromatic rings. The summed E-state index contributed by atoms with van der Waals surface area (Å²) in [6, 6.07) is 63.8. The van der Waals surface area contributed by atoms with Gasteiger partial charge in [-0.25, -0.2) is 4.99 Å². The van der Waals surface area contributed by atoms with Crippen LogP contribution in [0.5, 0.6) is 0 Å². The highest BCUT2D eigenvalue weighted by atomic mass is 16.3. The molecule has 12 rings (SSSR count). The van der Waals surface area contributed by atoms with E-state index >= 15 is 0 Å². The molecule has 0 spiro atoms. The van der Waals surface area contributed by atoms with Crippen molar-refractivity contribution in [3.8, 4) is 16.8 Å². The van der Waals surface area contributed by atoms with Crippen molar-refractivity contribution in [3.05, 3.63) is 199 Å². The summed E-state index contributed by atoms with van der Waals surface area (Å²) in [5.74, 6) is 0.838. The smallest absolute Gasteiger partial charge is 0.142 e. The number of aliphatic imine (C=N–C) groups is 1. The summed E-state index contributed by atoms with van der Waals surface area (Å²) in [7, 11) is 0. The molecular formula is C51H34N4O2. The zero-order chi connectivity index (χ0) is 37.5. The van der Waals surface area contributed by atoms with E-state index in [4.69, 9.17) is 13.8 Å². The Labute approximate surface area is 327 Å². The van der Waals surface area contributed by atoms with Crippen LogP contribution in [0.15, 0.2) is 196 Å². The molecule has 1 aliphatic rings. The third kappa shape index (κ3) is 5.04. The van der Waals surface area contributed by atoms with E-state index in [0.29, 0.717) is 0 Å². The lowest BCUT2D eigenvalue weighted by Gasteiger charge is -2.32. The van der Waals surface area contributed by atoms with E-state index in [1.807, 2.05) is 24.3 Å². The van der Waals surface area contributed by atoms with Crippen LogP contribution in [0.25, 0.3) is 82.5 Å². The van der Waals surface area contributed by atoms with Crippen LogP contribution in [0.4, 0.5) is 0 Å². The second kappa shape index (κ2) is 12.6. The number of nitrogens with zero attached hydrogens (tertiary/aromatic N) is 2. The number of furan rings is 2. The van der Waals surface area contributed by atoms with E-state index in [2.05, 4.69) is 173 Å². The number of fused-ring (bicyclic) bond motifs is 9. The van der Waals surface area contributed by atoms with Crippen molar-refractivity contribution in [2.75, 3.05) is 0 Å². The van der Waals surface area contributed by atoms with Crippen molar-refractivity contribution in [1.82, 2.24) is 15.2 Å². The van der Waals surface area contributed by atoms with Gasteiger partial charge in [0.25, 0.3) is 0 Å². The predicted octanol–water partition coefficient (Wildman–Crippen LogP) is 12.6. The van der Waals surface area contributed by atoms with Crippen molar-refractivity contribution in [2.24, 2.45) is 4.99 Å². The molecule has 6 nitrogen and oxygen atoms in total. The summed E-state index contributed by atoms with van der Waals surface area (Å²) in [6.07, 6.45) is -0.485. The average molecular weight is 735 g/mol. The normalized spacial score (nSPS) is 15.9. The first-order chi connectivity index (χ1) is 28.2. The van der Waals surface area contributed by atoms with Gasteiger partial charge in [0.2, 0.25) is 0 Å². The number of benzene rings is 8. The Balaban J connectivity index is 0.984. The van der Waals surface area contributed by atoms with Crippen molar-refractivity contribution < 1.29 is 8.83 Å². The summed E-state index contributed by atoms with van der Waals surface area (Å²) >= 11 is 0. The number of rotatable bonds is 5. The van der Waals surface area contributed by atoms with Gasteiger partial charge in [0.1, 0.15) is 40.5 Å². The molecule has 1 aliphatic heterocycles. The molecule has 0 amide bonds. The number of aromatic nitrogens is 1. The molecule has 8 aromatic carbocycles. The van der Waals surface area contributed by atoms with Gasteiger partial charge in [-0.2, -0.15) is 0 Å². The molecule has 3 aromatic heterocycles. The van der Waals surface area contributed by atoms with E-state index < -0.39 is 0 Å². The first kappa shape index (κ1) is 31.9. The molecule has 0 radical (unpaired) electrons. The third-order valence-corrected chi connectivity index (χ3v) is 11.5. The van der Waals surface area contributed by atoms with Gasteiger partial charge >= 0.3 is 0 Å². The molecule has 57 heavy (non-hydrogen) atoms. The summed E-state index contributed by atoms with van der Waals surface area (Å²) in [5.41, 5.74) is 12.2. The molecule has 2 unspecified atom stereocenters. The van der Waals surface area contributed by atoms with Crippen molar-refractivity contribution in [1.29, 1.82) is 0 Å². The van der Waals surface area contributed by atoms with Crippen LogP contribution >= 0.6 is 0 Å². The van der Waals surface area contributed by atoms with Crippen LogP contribution in [0.2, 0.25) is 0 Å². The minimum atomic E-state index is -0.249. The molecule has 6 heteroatoms. The Morgan fingerprint density at radius 3 is 1.98 bits per heavy atom. The van der Waals surface area contributed by atoms with Gasteiger partial charge in [0.15, 0.2) is 0 Å². The van der Waals surface area contributed by atoms with Crippen LogP contribution in [0, 0.1) is 0 Å². The summed E-state index contributed by atoms with van der Waals surface area (Å²) < 4.78 is 15.6. The van der Waals surface area contributed by atoms with Gasteiger partial charge in [-0.05, 0) is 65.2 Å². The zero-order valence-corrected chi connectivity index (χ0v) is 30.7. The molecule has 4 heterocycles. The SMILES string of the molecule is c1ccc(C2=NC(c3ccccc3)NC(c3cccc4c3oc3ccc(-c5cccc6oc7ccc(-n8c9ccccc9c9ccccc98)cc7c56)cc34)N2)cc1. The number of amidine groups is 1. The summed E-state index contributed by atoms with van der Waals surface area (Å²) in [6.45, 7) is 0. The summed E-state index contributed by atoms with van der Waals surface area (Å²) in [4.78, 5) is 5.11. The lowest BCUT2D eigenvalue weighted by molar-refractivity contribution is 0.408. The molecular weight excluding hydrogens is 701 g/mol. The monoisotopic (exact) mass is 734 g/mol. The van der Waals surface area contributed by atoms with Crippen molar-refractivity contribution >= 4 is 71.5 Å². The van der Waals surface area contributed by atoms with Gasteiger partial charge < -0.3 is 18.7 Å². The fourth-order valence-electron chi connectivity index (χ4n) is 8.88. The Kier molecular flexibility index (Phi) is 7.03. The highest BCUT2D eigenvalue weighted by molar-refractivity contribution is 6.15. The maximum atomic E-state index is 6.74. The van der Waals surface area contributed by atoms with Gasteiger partial charge in [0.05, 0.1) is 11.0 Å². The van der Waals surface area contributed by atoms with Crippen molar-refractivity contribution in [2.45, 2.75) is 12.3 Å². The second-order valence-electron chi connectivity index (χ2n) is 14.8. The maximum Gasteiger partial charge on any atom is 0.142 e. The topological polar surface area (TPSA) is 67.6 Å². The van der Waals surface area contributed by atoms with E-state index in [1.165, 1.54) is 21.8 Å². The van der Waals surface area contributed by atoms with E-state index in [-0.39, 0.29) is 12.3 Å². The maximum absolute atomic E-state index is 6.74. The number of hydrogen-bond donors (Lipinski definition) is 2. The van der Waals surface area contributed by atoms with Crippen LogP contribution < -0.4 is 10.6 Å². The lowest BCUT2D eigenvalue weighted by atomic mass is 9.97. The van der Waals surface area contributed by atoms with Gasteiger partial charge in [-0.1, -0.05) is 133 Å². The Morgan fingerprint density at radius 2 is 1.18 bits per heavy atom. The molecule has 2 atom stereocenters. The van der Waals surface area contributed by atoms with Crippen LogP contribution in [0.1, 0.15) is 29.0 Å². The quantitative estimate of drug-likeness (QED) is 0.185. The molecule has 270 valence electrons. The van der Waals surface area contributed by atoms with E-state index in [9.17, 15) is 0 Å². The fourth-order valence-corrected chi connectivity index (χ4v) is 8.88. The first-order valence-corrected chi connectivity index (χ1v) is 19.4. The third-order valence-electron chi connectivity index (χ3n) is 11.5. The molecule has 0 fully saturated rings. The van der Waals surface area contributed by atoms with E-state index in [0.717, 1.165) is 83.2 Å². The molecule has 2 N–H and O–H groups in total. The Morgan fingerprint density at radius 1 is 0.491 bits per heavy atom. The molecule has 0 bridgehead atoms.